The summed E-state index contributed by atoms with van der Waals surface area (Å²) in [4.78, 5) is 12.0. The van der Waals surface area contributed by atoms with E-state index in [4.69, 9.17) is 9.47 Å². The van der Waals surface area contributed by atoms with Gasteiger partial charge < -0.3 is 9.47 Å². The van der Waals surface area contributed by atoms with Crippen molar-refractivity contribution in [1.82, 2.24) is 5.32 Å². The molecule has 2 rings (SSSR count). The van der Waals surface area contributed by atoms with Gasteiger partial charge in [0.2, 0.25) is 0 Å². The van der Waals surface area contributed by atoms with Gasteiger partial charge in [-0.2, -0.15) is 0 Å². The minimum Gasteiger partial charge on any atom is -0.444 e. The summed E-state index contributed by atoms with van der Waals surface area (Å²) in [7, 11) is 1.62. The molecule has 0 saturated heterocycles. The van der Waals surface area contributed by atoms with Crippen LogP contribution >= 0.6 is 0 Å². The number of nitrogens with one attached hydrogen (secondary N) is 1. The van der Waals surface area contributed by atoms with Crippen LogP contribution in [0, 0.1) is 0 Å². The highest BCUT2D eigenvalue weighted by Crippen LogP contribution is 2.33. The third-order valence-corrected chi connectivity index (χ3v) is 3.74. The van der Waals surface area contributed by atoms with Crippen LogP contribution < -0.4 is 5.32 Å². The zero-order valence-corrected chi connectivity index (χ0v) is 13.8. The van der Waals surface area contributed by atoms with Gasteiger partial charge in [0.05, 0.1) is 0 Å². The van der Waals surface area contributed by atoms with Crippen molar-refractivity contribution < 1.29 is 14.3 Å². The maximum atomic E-state index is 12.0. The van der Waals surface area contributed by atoms with E-state index in [0.717, 1.165) is 12.8 Å². The van der Waals surface area contributed by atoms with Crippen molar-refractivity contribution in [3.8, 4) is 0 Å². The molecule has 1 atom stereocenters. The molecule has 0 fully saturated rings. The molecule has 1 amide bonds. The molecule has 0 spiro atoms. The molecule has 1 aromatic carbocycles. The Bertz CT molecular complexity index is 545. The maximum Gasteiger partial charge on any atom is 0.409 e. The summed E-state index contributed by atoms with van der Waals surface area (Å²) in [5.74, 6) is 0. The third-order valence-electron chi connectivity index (χ3n) is 3.74. The Kier molecular flexibility index (Phi) is 4.91. The molecule has 0 saturated carbocycles. The van der Waals surface area contributed by atoms with Crippen LogP contribution in [0.3, 0.4) is 0 Å². The summed E-state index contributed by atoms with van der Waals surface area (Å²) in [6.07, 6.45) is 3.91. The monoisotopic (exact) mass is 303 g/mol. The Balaban J connectivity index is 2.05. The van der Waals surface area contributed by atoms with Crippen LogP contribution in [-0.4, -0.2) is 24.5 Å². The largest absolute Gasteiger partial charge is 0.444 e. The van der Waals surface area contributed by atoms with E-state index in [0.29, 0.717) is 6.42 Å². The van der Waals surface area contributed by atoms with Gasteiger partial charge in [-0.05, 0) is 44.7 Å². The van der Waals surface area contributed by atoms with Gasteiger partial charge in [0.25, 0.3) is 0 Å². The van der Waals surface area contributed by atoms with E-state index in [-0.39, 0.29) is 0 Å². The smallest absolute Gasteiger partial charge is 0.409 e. The molecule has 0 aromatic heterocycles. The van der Waals surface area contributed by atoms with Gasteiger partial charge >= 0.3 is 6.09 Å². The Labute approximate surface area is 132 Å². The van der Waals surface area contributed by atoms with Crippen molar-refractivity contribution >= 4 is 11.7 Å². The van der Waals surface area contributed by atoms with Crippen LogP contribution in [0.2, 0.25) is 0 Å². The van der Waals surface area contributed by atoms with E-state index >= 15 is 0 Å². The summed E-state index contributed by atoms with van der Waals surface area (Å²) < 4.78 is 10.9. The van der Waals surface area contributed by atoms with Crippen LogP contribution in [0.5, 0.6) is 0 Å². The van der Waals surface area contributed by atoms with E-state index in [1.807, 2.05) is 39.0 Å². The number of hydrogen-bond acceptors (Lipinski definition) is 3. The Morgan fingerprint density at radius 1 is 1.23 bits per heavy atom. The fraction of sp³-hybridized carbons (Fsp3) is 0.500. The van der Waals surface area contributed by atoms with E-state index in [1.54, 1.807) is 7.11 Å². The molecule has 4 heteroatoms. The molecular weight excluding hydrogens is 278 g/mol. The fourth-order valence-corrected chi connectivity index (χ4v) is 2.58. The number of methoxy groups -OCH3 is 1. The number of allylic oxidation sites excluding steroid dienone is 1. The van der Waals surface area contributed by atoms with Gasteiger partial charge in [-0.25, -0.2) is 4.79 Å². The Morgan fingerprint density at radius 3 is 2.41 bits per heavy atom. The van der Waals surface area contributed by atoms with Gasteiger partial charge in [0.1, 0.15) is 11.3 Å². The molecular formula is C18H25NO3. The average molecular weight is 303 g/mol. The molecule has 1 aromatic rings. The first kappa shape index (κ1) is 16.6. The van der Waals surface area contributed by atoms with Crippen LogP contribution in [0.4, 0.5) is 4.79 Å². The van der Waals surface area contributed by atoms with Gasteiger partial charge in [-0.3, -0.25) is 5.32 Å². The number of benzene rings is 1. The summed E-state index contributed by atoms with van der Waals surface area (Å²) in [6, 6.07) is 10.3. The van der Waals surface area contributed by atoms with Gasteiger partial charge in [-0.1, -0.05) is 36.4 Å². The number of amides is 1. The van der Waals surface area contributed by atoms with Crippen LogP contribution in [0.1, 0.15) is 45.6 Å². The number of hydrogen-bond donors (Lipinski definition) is 1. The second-order valence-electron chi connectivity index (χ2n) is 6.62. The van der Waals surface area contributed by atoms with Gasteiger partial charge in [0, 0.05) is 13.5 Å². The van der Waals surface area contributed by atoms with E-state index in [9.17, 15) is 4.79 Å². The Morgan fingerprint density at radius 2 is 1.91 bits per heavy atom. The second kappa shape index (κ2) is 6.53. The summed E-state index contributed by atoms with van der Waals surface area (Å²) >= 11 is 0. The first-order valence-corrected chi connectivity index (χ1v) is 7.64. The second-order valence-corrected chi connectivity index (χ2v) is 6.62. The summed E-state index contributed by atoms with van der Waals surface area (Å²) in [5, 5.41) is 2.88. The molecule has 0 radical (unpaired) electrons. The van der Waals surface area contributed by atoms with Gasteiger partial charge in [0.15, 0.2) is 0 Å². The summed E-state index contributed by atoms with van der Waals surface area (Å²) in [5.41, 5.74) is 1.32. The molecule has 120 valence electrons. The first-order valence-electron chi connectivity index (χ1n) is 7.64. The summed E-state index contributed by atoms with van der Waals surface area (Å²) in [6.45, 7) is 5.54. The lowest BCUT2D eigenvalue weighted by atomic mass is 9.88. The molecule has 22 heavy (non-hydrogen) atoms. The lowest BCUT2D eigenvalue weighted by Gasteiger charge is -2.36. The normalized spacial score (nSPS) is 21.9. The van der Waals surface area contributed by atoms with E-state index in [2.05, 4.69) is 23.5 Å². The first-order chi connectivity index (χ1) is 10.3. The van der Waals surface area contributed by atoms with E-state index in [1.165, 1.54) is 11.1 Å². The standard InChI is InChI=1S/C18H25NO3/c1-17(2,3)22-16(20)19-18(21-4)12-10-15(11-13-18)14-8-6-5-7-9-14/h5-10H,11-13H2,1-4H3,(H,19,20). The third kappa shape index (κ3) is 4.34. The SMILES string of the molecule is COC1(NC(=O)OC(C)(C)C)CC=C(c2ccccc2)CC1. The zero-order valence-electron chi connectivity index (χ0n) is 13.8. The lowest BCUT2D eigenvalue weighted by Crippen LogP contribution is -2.52. The highest BCUT2D eigenvalue weighted by Gasteiger charge is 2.35. The predicted molar refractivity (Wildman–Crippen MR) is 87.4 cm³/mol. The molecule has 1 aliphatic carbocycles. The van der Waals surface area contributed by atoms with Crippen molar-refractivity contribution in [1.29, 1.82) is 0 Å². The van der Waals surface area contributed by atoms with Crippen LogP contribution in [0.25, 0.3) is 5.57 Å². The molecule has 4 nitrogen and oxygen atoms in total. The highest BCUT2D eigenvalue weighted by molar-refractivity contribution is 5.70. The van der Waals surface area contributed by atoms with Crippen LogP contribution in [-0.2, 0) is 9.47 Å². The van der Waals surface area contributed by atoms with Crippen molar-refractivity contribution in [3.63, 3.8) is 0 Å². The number of alkyl carbamates (subject to hydrolysis) is 1. The minimum atomic E-state index is -0.680. The lowest BCUT2D eigenvalue weighted by molar-refractivity contribution is -0.0508. The van der Waals surface area contributed by atoms with Crippen molar-refractivity contribution in [2.75, 3.05) is 7.11 Å². The maximum absolute atomic E-state index is 12.0. The van der Waals surface area contributed by atoms with Crippen molar-refractivity contribution in [2.45, 2.75) is 51.4 Å². The van der Waals surface area contributed by atoms with Crippen LogP contribution in [0.15, 0.2) is 36.4 Å². The number of ether oxygens (including phenoxy) is 2. The molecule has 1 aliphatic rings. The molecule has 0 bridgehead atoms. The number of carbonyl (C=O) groups excluding carboxylic acids is 1. The van der Waals surface area contributed by atoms with E-state index < -0.39 is 17.4 Å². The quantitative estimate of drug-likeness (QED) is 0.854. The molecule has 0 heterocycles. The van der Waals surface area contributed by atoms with Crippen molar-refractivity contribution in [2.24, 2.45) is 0 Å². The Hall–Kier alpha value is -1.81. The molecule has 1 unspecified atom stereocenters. The predicted octanol–water partition coefficient (Wildman–Crippen LogP) is 4.12. The number of rotatable bonds is 3. The minimum absolute atomic E-state index is 0.439. The topological polar surface area (TPSA) is 47.6 Å². The van der Waals surface area contributed by atoms with Gasteiger partial charge in [-0.15, -0.1) is 0 Å². The molecule has 0 aliphatic heterocycles. The fourth-order valence-electron chi connectivity index (χ4n) is 2.58. The zero-order chi connectivity index (χ0) is 16.2. The highest BCUT2D eigenvalue weighted by atomic mass is 16.6. The average Bonchev–Trinajstić information content (AvgIpc) is 2.47. The van der Waals surface area contributed by atoms with Crippen molar-refractivity contribution in [3.05, 3.63) is 42.0 Å². The number of carbonyl (C=O) groups is 1. The molecule has 1 N–H and O–H groups in total.